The van der Waals surface area contributed by atoms with Crippen molar-refractivity contribution in [1.82, 2.24) is 19.8 Å². The van der Waals surface area contributed by atoms with Crippen LogP contribution in [0.25, 0.3) is 10.9 Å². The predicted octanol–water partition coefficient (Wildman–Crippen LogP) is 2.87. The first-order chi connectivity index (χ1) is 13.7. The lowest BCUT2D eigenvalue weighted by atomic mass is 10.1. The van der Waals surface area contributed by atoms with E-state index >= 15 is 0 Å². The van der Waals surface area contributed by atoms with E-state index in [4.69, 9.17) is 0 Å². The molecule has 0 unspecified atom stereocenters. The second kappa shape index (κ2) is 8.25. The molecule has 0 radical (unpaired) electrons. The van der Waals surface area contributed by atoms with E-state index in [0.717, 1.165) is 18.4 Å². The summed E-state index contributed by atoms with van der Waals surface area (Å²) in [4.78, 5) is 35.9. The molecule has 2 amide bonds. The Hall–Kier alpha value is -3.15. The molecule has 0 bridgehead atoms. The molecule has 1 aliphatic heterocycles. The Balaban J connectivity index is 1.25. The number of benzene rings is 1. The Labute approximate surface area is 164 Å². The number of amides is 2. The van der Waals surface area contributed by atoms with Gasteiger partial charge in [-0.25, -0.2) is 0 Å². The molecule has 3 heterocycles. The minimum Gasteiger partial charge on any atom is -0.361 e. The number of rotatable bonds is 5. The molecule has 6 heteroatoms. The molecular formula is C22H24N4O2. The van der Waals surface area contributed by atoms with Crippen LogP contribution in [-0.2, 0) is 11.2 Å². The van der Waals surface area contributed by atoms with Crippen LogP contribution in [0.5, 0.6) is 0 Å². The van der Waals surface area contributed by atoms with Crippen LogP contribution >= 0.6 is 0 Å². The number of aryl methyl sites for hydroxylation is 1. The molecule has 4 rings (SSSR count). The van der Waals surface area contributed by atoms with Crippen LogP contribution < -0.4 is 0 Å². The van der Waals surface area contributed by atoms with Gasteiger partial charge in [-0.1, -0.05) is 18.2 Å². The first-order valence-corrected chi connectivity index (χ1v) is 9.74. The smallest absolute Gasteiger partial charge is 0.254 e. The van der Waals surface area contributed by atoms with Gasteiger partial charge in [-0.15, -0.1) is 0 Å². The first kappa shape index (κ1) is 18.2. The average molecular weight is 376 g/mol. The molecule has 1 N–H and O–H groups in total. The lowest BCUT2D eigenvalue weighted by Gasteiger charge is -2.35. The molecule has 28 heavy (non-hydrogen) atoms. The summed E-state index contributed by atoms with van der Waals surface area (Å²) in [5.74, 6) is 0.185. The highest BCUT2D eigenvalue weighted by Crippen LogP contribution is 2.20. The molecular weight excluding hydrogens is 352 g/mol. The molecule has 3 aromatic rings. The van der Waals surface area contributed by atoms with E-state index < -0.39 is 0 Å². The number of hydrogen-bond acceptors (Lipinski definition) is 3. The van der Waals surface area contributed by atoms with Gasteiger partial charge in [0.15, 0.2) is 0 Å². The minimum absolute atomic E-state index is 0.00818. The SMILES string of the molecule is O=C(CCCc1c[nH]c2ccccc12)N1CCN(C(=O)c2ccncc2)CC1. The third-order valence-electron chi connectivity index (χ3n) is 5.36. The van der Waals surface area contributed by atoms with Gasteiger partial charge in [-0.3, -0.25) is 14.6 Å². The maximum absolute atomic E-state index is 12.5. The summed E-state index contributed by atoms with van der Waals surface area (Å²) < 4.78 is 0. The maximum Gasteiger partial charge on any atom is 0.254 e. The topological polar surface area (TPSA) is 69.3 Å². The fourth-order valence-electron chi connectivity index (χ4n) is 3.76. The number of carbonyl (C=O) groups excluding carboxylic acids is 2. The Bertz CT molecular complexity index is 959. The fourth-order valence-corrected chi connectivity index (χ4v) is 3.76. The van der Waals surface area contributed by atoms with Crippen molar-refractivity contribution >= 4 is 22.7 Å². The van der Waals surface area contributed by atoms with E-state index in [2.05, 4.69) is 22.1 Å². The summed E-state index contributed by atoms with van der Waals surface area (Å²) in [5.41, 5.74) is 3.04. The van der Waals surface area contributed by atoms with Gasteiger partial charge in [0.05, 0.1) is 0 Å². The second-order valence-electron chi connectivity index (χ2n) is 7.12. The van der Waals surface area contributed by atoms with Gasteiger partial charge in [0.1, 0.15) is 0 Å². The fraction of sp³-hybridized carbons (Fsp3) is 0.318. The molecule has 144 valence electrons. The van der Waals surface area contributed by atoms with Gasteiger partial charge in [0.25, 0.3) is 5.91 Å². The number of fused-ring (bicyclic) bond motifs is 1. The van der Waals surface area contributed by atoms with Gasteiger partial charge in [-0.05, 0) is 36.6 Å². The van der Waals surface area contributed by atoms with Crippen molar-refractivity contribution in [2.24, 2.45) is 0 Å². The van der Waals surface area contributed by atoms with E-state index in [1.807, 2.05) is 28.1 Å². The van der Waals surface area contributed by atoms with Crippen molar-refractivity contribution in [1.29, 1.82) is 0 Å². The molecule has 1 aliphatic rings. The van der Waals surface area contributed by atoms with Crippen molar-refractivity contribution in [3.8, 4) is 0 Å². The number of hydrogen-bond donors (Lipinski definition) is 1. The zero-order chi connectivity index (χ0) is 19.3. The molecule has 6 nitrogen and oxygen atoms in total. The lowest BCUT2D eigenvalue weighted by Crippen LogP contribution is -2.50. The van der Waals surface area contributed by atoms with Crippen LogP contribution in [0.1, 0.15) is 28.8 Å². The number of piperazine rings is 1. The lowest BCUT2D eigenvalue weighted by molar-refractivity contribution is -0.132. The quantitative estimate of drug-likeness (QED) is 0.744. The van der Waals surface area contributed by atoms with Crippen molar-refractivity contribution in [3.05, 3.63) is 66.1 Å². The van der Waals surface area contributed by atoms with Crippen molar-refractivity contribution in [2.45, 2.75) is 19.3 Å². The highest BCUT2D eigenvalue weighted by atomic mass is 16.2. The van der Waals surface area contributed by atoms with Crippen LogP contribution in [-0.4, -0.2) is 57.8 Å². The molecule has 2 aromatic heterocycles. The van der Waals surface area contributed by atoms with Gasteiger partial charge < -0.3 is 14.8 Å². The number of aromatic nitrogens is 2. The number of pyridine rings is 1. The predicted molar refractivity (Wildman–Crippen MR) is 108 cm³/mol. The van der Waals surface area contributed by atoms with E-state index in [1.165, 1.54) is 10.9 Å². The third-order valence-corrected chi connectivity index (χ3v) is 5.36. The van der Waals surface area contributed by atoms with E-state index in [0.29, 0.717) is 38.2 Å². The molecule has 1 saturated heterocycles. The Kier molecular flexibility index (Phi) is 5.37. The molecule has 0 saturated carbocycles. The summed E-state index contributed by atoms with van der Waals surface area (Å²) in [7, 11) is 0. The minimum atomic E-state index is 0.00818. The largest absolute Gasteiger partial charge is 0.361 e. The molecule has 1 aromatic carbocycles. The molecule has 0 aliphatic carbocycles. The summed E-state index contributed by atoms with van der Waals surface area (Å²) in [6.45, 7) is 2.36. The van der Waals surface area contributed by atoms with E-state index in [9.17, 15) is 9.59 Å². The van der Waals surface area contributed by atoms with E-state index in [-0.39, 0.29) is 11.8 Å². The van der Waals surface area contributed by atoms with Gasteiger partial charge in [0, 0.05) is 67.7 Å². The zero-order valence-electron chi connectivity index (χ0n) is 15.8. The highest BCUT2D eigenvalue weighted by Gasteiger charge is 2.24. The van der Waals surface area contributed by atoms with Gasteiger partial charge >= 0.3 is 0 Å². The number of para-hydroxylation sites is 1. The zero-order valence-corrected chi connectivity index (χ0v) is 15.8. The van der Waals surface area contributed by atoms with Crippen molar-refractivity contribution in [3.63, 3.8) is 0 Å². The molecule has 0 spiro atoms. The monoisotopic (exact) mass is 376 g/mol. The van der Waals surface area contributed by atoms with Crippen LogP contribution in [0.2, 0.25) is 0 Å². The summed E-state index contributed by atoms with van der Waals surface area (Å²) >= 11 is 0. The average Bonchev–Trinajstić information content (AvgIpc) is 3.17. The highest BCUT2D eigenvalue weighted by molar-refractivity contribution is 5.94. The summed E-state index contributed by atoms with van der Waals surface area (Å²) in [5, 5.41) is 1.23. The number of nitrogens with one attached hydrogen (secondary N) is 1. The maximum atomic E-state index is 12.5. The Morgan fingerprint density at radius 1 is 0.964 bits per heavy atom. The Morgan fingerprint density at radius 2 is 1.68 bits per heavy atom. The number of H-pyrrole nitrogens is 1. The summed E-state index contributed by atoms with van der Waals surface area (Å²) in [6, 6.07) is 11.7. The Morgan fingerprint density at radius 3 is 2.46 bits per heavy atom. The van der Waals surface area contributed by atoms with Crippen LogP contribution in [0.4, 0.5) is 0 Å². The van der Waals surface area contributed by atoms with Crippen molar-refractivity contribution in [2.75, 3.05) is 26.2 Å². The van der Waals surface area contributed by atoms with Crippen LogP contribution in [0, 0.1) is 0 Å². The van der Waals surface area contributed by atoms with E-state index in [1.54, 1.807) is 24.5 Å². The second-order valence-corrected chi connectivity index (χ2v) is 7.12. The standard InChI is InChI=1S/C22H24N4O2/c27-21(7-3-4-18-16-24-20-6-2-1-5-19(18)20)25-12-14-26(15-13-25)22(28)17-8-10-23-11-9-17/h1-2,5-6,8-11,16,24H,3-4,7,12-15H2. The normalized spacial score (nSPS) is 14.4. The molecule has 0 atom stereocenters. The van der Waals surface area contributed by atoms with Crippen LogP contribution in [0.3, 0.4) is 0 Å². The first-order valence-electron chi connectivity index (χ1n) is 9.74. The van der Waals surface area contributed by atoms with Gasteiger partial charge in [-0.2, -0.15) is 0 Å². The number of carbonyl (C=O) groups is 2. The van der Waals surface area contributed by atoms with Gasteiger partial charge in [0.2, 0.25) is 5.91 Å². The summed E-state index contributed by atoms with van der Waals surface area (Å²) in [6.07, 6.45) is 7.55. The van der Waals surface area contributed by atoms with Crippen LogP contribution in [0.15, 0.2) is 55.0 Å². The number of nitrogens with zero attached hydrogens (tertiary/aromatic N) is 3. The number of aromatic amines is 1. The van der Waals surface area contributed by atoms with Crippen molar-refractivity contribution < 1.29 is 9.59 Å². The molecule has 1 fully saturated rings. The third kappa shape index (κ3) is 3.91.